The number of amides is 2. The zero-order valence-corrected chi connectivity index (χ0v) is 29.6. The van der Waals surface area contributed by atoms with E-state index in [-0.39, 0.29) is 59.6 Å². The van der Waals surface area contributed by atoms with Crippen molar-refractivity contribution in [3.63, 3.8) is 0 Å². The number of likely N-dealkylation sites (tertiary alicyclic amines) is 2. The molecule has 2 N–H and O–H groups in total. The fourth-order valence-corrected chi connectivity index (χ4v) is 8.13. The molecule has 13 heteroatoms. The van der Waals surface area contributed by atoms with E-state index < -0.39 is 5.97 Å². The summed E-state index contributed by atoms with van der Waals surface area (Å²) in [4.78, 5) is 42.9. The number of hydrogen-bond donors (Lipinski definition) is 2. The van der Waals surface area contributed by atoms with Gasteiger partial charge in [0.25, 0.3) is 5.91 Å². The number of para-hydroxylation sites is 1. The maximum atomic E-state index is 14.0. The Morgan fingerprint density at radius 1 is 0.959 bits per heavy atom. The van der Waals surface area contributed by atoms with Gasteiger partial charge in [0.15, 0.2) is 0 Å². The second-order valence-corrected chi connectivity index (χ2v) is 14.3. The van der Waals surface area contributed by atoms with Gasteiger partial charge in [0, 0.05) is 69.1 Å². The zero-order chi connectivity index (χ0) is 34.8. The highest BCUT2D eigenvalue weighted by atomic mass is 35.5. The van der Waals surface area contributed by atoms with Gasteiger partial charge in [-0.25, -0.2) is 0 Å². The van der Waals surface area contributed by atoms with Crippen LogP contribution in [0.25, 0.3) is 10.9 Å². The van der Waals surface area contributed by atoms with E-state index >= 15 is 0 Å². The minimum Gasteiger partial charge on any atom is -0.481 e. The summed E-state index contributed by atoms with van der Waals surface area (Å²) in [6.07, 6.45) is 4.99. The molecular formula is C36H44Cl2N4O7. The highest BCUT2D eigenvalue weighted by Crippen LogP contribution is 2.34. The van der Waals surface area contributed by atoms with Gasteiger partial charge in [-0.1, -0.05) is 41.4 Å². The van der Waals surface area contributed by atoms with Crippen LogP contribution in [-0.4, -0.2) is 108 Å². The van der Waals surface area contributed by atoms with Crippen molar-refractivity contribution in [1.29, 1.82) is 0 Å². The monoisotopic (exact) mass is 714 g/mol. The Labute approximate surface area is 296 Å². The van der Waals surface area contributed by atoms with Crippen LogP contribution in [0.2, 0.25) is 10.0 Å². The number of hydrogen-bond acceptors (Lipinski definition) is 7. The van der Waals surface area contributed by atoms with E-state index in [1.807, 2.05) is 40.8 Å². The molecule has 264 valence electrons. The van der Waals surface area contributed by atoms with E-state index in [0.29, 0.717) is 73.8 Å². The fraction of sp³-hybridized carbons (Fsp3) is 0.528. The van der Waals surface area contributed by atoms with E-state index in [9.17, 15) is 19.5 Å². The second-order valence-electron chi connectivity index (χ2n) is 13.5. The van der Waals surface area contributed by atoms with Gasteiger partial charge in [0.1, 0.15) is 0 Å². The average Bonchev–Trinajstić information content (AvgIpc) is 3.81. The first kappa shape index (κ1) is 35.6. The van der Waals surface area contributed by atoms with Crippen LogP contribution in [0.1, 0.15) is 48.0 Å². The first-order chi connectivity index (χ1) is 23.6. The molecule has 3 heterocycles. The number of carbonyl (C=O) groups is 3. The predicted octanol–water partition coefficient (Wildman–Crippen LogP) is 5.26. The average molecular weight is 716 g/mol. The number of fused-ring (bicyclic) bond motifs is 1. The number of anilines is 1. The molecule has 0 bridgehead atoms. The second kappa shape index (κ2) is 15.4. The summed E-state index contributed by atoms with van der Waals surface area (Å²) in [5.41, 5.74) is 2.38. The lowest BCUT2D eigenvalue weighted by Crippen LogP contribution is -2.41. The molecule has 3 aromatic rings. The number of aromatic nitrogens is 1. The topological polar surface area (TPSA) is 123 Å². The van der Waals surface area contributed by atoms with Crippen LogP contribution in [0, 0.1) is 5.92 Å². The van der Waals surface area contributed by atoms with Gasteiger partial charge in [-0.05, 0) is 55.9 Å². The van der Waals surface area contributed by atoms with Crippen molar-refractivity contribution in [2.75, 3.05) is 45.8 Å². The minimum atomic E-state index is -0.748. The van der Waals surface area contributed by atoms with Crippen LogP contribution in [0.5, 0.6) is 0 Å². The van der Waals surface area contributed by atoms with Gasteiger partial charge in [0.2, 0.25) is 5.91 Å². The summed E-state index contributed by atoms with van der Waals surface area (Å²) >= 11 is 13.4. The lowest BCUT2D eigenvalue weighted by atomic mass is 9.87. The molecule has 0 unspecified atom stereocenters. The van der Waals surface area contributed by atoms with E-state index in [1.54, 1.807) is 32.5 Å². The first-order valence-electron chi connectivity index (χ1n) is 16.8. The lowest BCUT2D eigenvalue weighted by Gasteiger charge is -2.30. The minimum absolute atomic E-state index is 0.0287. The van der Waals surface area contributed by atoms with E-state index in [4.69, 9.17) is 37.4 Å². The van der Waals surface area contributed by atoms with Crippen molar-refractivity contribution in [2.24, 2.45) is 13.0 Å². The number of carboxylic acids is 1. The number of benzene rings is 2. The van der Waals surface area contributed by atoms with Crippen molar-refractivity contribution < 1.29 is 33.7 Å². The molecule has 0 radical (unpaired) electrons. The molecule has 3 aliphatic rings. The van der Waals surface area contributed by atoms with Crippen LogP contribution < -0.4 is 5.32 Å². The van der Waals surface area contributed by atoms with Crippen molar-refractivity contribution in [3.8, 4) is 0 Å². The number of carbonyl (C=O) groups excluding carboxylic acids is 2. The maximum Gasteiger partial charge on any atom is 0.306 e. The summed E-state index contributed by atoms with van der Waals surface area (Å²) in [6, 6.07) is 10.8. The fourth-order valence-electron chi connectivity index (χ4n) is 7.66. The third-order valence-corrected chi connectivity index (χ3v) is 11.2. The third-order valence-electron chi connectivity index (χ3n) is 10.5. The maximum absolute atomic E-state index is 14.0. The highest BCUT2D eigenvalue weighted by molar-refractivity contribution is 6.36. The molecule has 2 saturated heterocycles. The van der Waals surface area contributed by atoms with Crippen LogP contribution in [0.3, 0.4) is 0 Å². The first-order valence-corrected chi connectivity index (χ1v) is 17.6. The smallest absolute Gasteiger partial charge is 0.306 e. The zero-order valence-electron chi connectivity index (χ0n) is 28.1. The Hall–Kier alpha value is -3.19. The Morgan fingerprint density at radius 2 is 1.65 bits per heavy atom. The molecule has 2 amide bonds. The van der Waals surface area contributed by atoms with Crippen LogP contribution in [0.15, 0.2) is 42.6 Å². The molecule has 49 heavy (non-hydrogen) atoms. The number of carboxylic acid groups (broad SMARTS) is 1. The van der Waals surface area contributed by atoms with Gasteiger partial charge in [-0.15, -0.1) is 0 Å². The number of methoxy groups -OCH3 is 2. The number of rotatable bonds is 11. The molecule has 11 nitrogen and oxygen atoms in total. The number of aliphatic carboxylic acids is 1. The molecule has 0 spiro atoms. The Kier molecular flexibility index (Phi) is 11.2. The summed E-state index contributed by atoms with van der Waals surface area (Å²) < 4.78 is 19.6. The van der Waals surface area contributed by atoms with Gasteiger partial charge in [-0.3, -0.25) is 19.3 Å². The molecule has 6 rings (SSSR count). The molecule has 1 aliphatic carbocycles. The number of nitrogens with zero attached hydrogens (tertiary/aromatic N) is 3. The van der Waals surface area contributed by atoms with Gasteiger partial charge in [0.05, 0.1) is 59.6 Å². The van der Waals surface area contributed by atoms with Crippen LogP contribution in [-0.2, 0) is 37.3 Å². The molecule has 1 saturated carbocycles. The Morgan fingerprint density at radius 3 is 2.33 bits per heavy atom. The molecule has 4 atom stereocenters. The van der Waals surface area contributed by atoms with Crippen molar-refractivity contribution in [1.82, 2.24) is 14.4 Å². The lowest BCUT2D eigenvalue weighted by molar-refractivity contribution is -0.144. The Bertz CT molecular complexity index is 1680. The summed E-state index contributed by atoms with van der Waals surface area (Å²) in [5, 5.41) is 13.7. The summed E-state index contributed by atoms with van der Waals surface area (Å²) in [7, 11) is 5.27. The van der Waals surface area contributed by atoms with E-state index in [0.717, 1.165) is 17.3 Å². The van der Waals surface area contributed by atoms with Crippen molar-refractivity contribution in [3.05, 3.63) is 63.8 Å². The Balaban J connectivity index is 1.14. The third kappa shape index (κ3) is 7.77. The van der Waals surface area contributed by atoms with Gasteiger partial charge >= 0.3 is 5.97 Å². The van der Waals surface area contributed by atoms with E-state index in [1.165, 1.54) is 0 Å². The quantitative estimate of drug-likeness (QED) is 0.276. The van der Waals surface area contributed by atoms with E-state index in [2.05, 4.69) is 10.2 Å². The van der Waals surface area contributed by atoms with Crippen molar-refractivity contribution in [2.45, 2.75) is 68.9 Å². The summed E-state index contributed by atoms with van der Waals surface area (Å²) in [5.74, 6) is -1.47. The van der Waals surface area contributed by atoms with Crippen LogP contribution >= 0.6 is 23.2 Å². The molecular weight excluding hydrogens is 671 g/mol. The van der Waals surface area contributed by atoms with Gasteiger partial charge in [-0.2, -0.15) is 0 Å². The SMILES string of the molecule is CO[C@H]1CN([C@H]2C[C@@H](COC3CCC(C(=O)O)CC3)N(C(=O)Cc3cc(Cl)c(NC(=O)c4cn(C)c5ccccc45)cc3Cl)C2)C[C@@H]1OC. The molecule has 3 fully saturated rings. The largest absolute Gasteiger partial charge is 0.481 e. The molecule has 2 aromatic carbocycles. The number of halogens is 2. The summed E-state index contributed by atoms with van der Waals surface area (Å²) in [6.45, 7) is 2.31. The van der Waals surface area contributed by atoms with Crippen molar-refractivity contribution >= 4 is 57.6 Å². The number of aryl methyl sites for hydroxylation is 1. The molecule has 1 aromatic heterocycles. The standard InChI is InChI=1S/C36H44Cl2N4O7/c1-40-17-27(26-6-4-5-7-31(26)40)35(44)39-30-15-28(37)22(12-29(30)38)13-34(43)42-16-23(41-18-32(47-2)33(19-41)48-3)14-24(42)20-49-25-10-8-21(9-11-25)36(45)46/h4-7,12,15,17,21,23-25,32-33H,8-11,13-14,16,18-20H2,1-3H3,(H,39,44)(H,45,46)/t21?,23-,24-,25?,32-,33-/m0/s1. The molecule has 2 aliphatic heterocycles. The van der Waals surface area contributed by atoms with Crippen LogP contribution in [0.4, 0.5) is 5.69 Å². The predicted molar refractivity (Wildman–Crippen MR) is 187 cm³/mol. The number of nitrogens with one attached hydrogen (secondary N) is 1. The normalized spacial score (nSPS) is 26.0. The highest BCUT2D eigenvalue weighted by Gasteiger charge is 2.43. The van der Waals surface area contributed by atoms with Gasteiger partial charge < -0.3 is 34.1 Å². The number of ether oxygens (including phenoxy) is 3.